The summed E-state index contributed by atoms with van der Waals surface area (Å²) in [6, 6.07) is 0. The third kappa shape index (κ3) is 2.24. The van der Waals surface area contributed by atoms with Gasteiger partial charge in [-0.05, 0) is 19.3 Å². The number of ether oxygens (including phenoxy) is 1. The molecule has 100 valence electrons. The first-order valence-electron chi connectivity index (χ1n) is 6.14. The van der Waals surface area contributed by atoms with Gasteiger partial charge in [0, 0.05) is 31.5 Å². The molecule has 1 fully saturated rings. The topological polar surface area (TPSA) is 64.3 Å². The minimum Gasteiger partial charge on any atom is -0.481 e. The fourth-order valence-corrected chi connectivity index (χ4v) is 2.74. The SMILES string of the molecule is Cl.O=C(O)C1CCn2c(cnc2C2CCCO2)C1. The van der Waals surface area contributed by atoms with Crippen LogP contribution in [0, 0.1) is 5.92 Å². The van der Waals surface area contributed by atoms with Crippen molar-refractivity contribution in [2.75, 3.05) is 6.61 Å². The molecule has 3 heterocycles. The van der Waals surface area contributed by atoms with Gasteiger partial charge in [0.2, 0.25) is 0 Å². The van der Waals surface area contributed by atoms with E-state index in [2.05, 4.69) is 9.55 Å². The number of halogens is 1. The second-order valence-corrected chi connectivity index (χ2v) is 4.79. The minimum atomic E-state index is -0.698. The van der Waals surface area contributed by atoms with Crippen molar-refractivity contribution in [2.24, 2.45) is 5.92 Å². The molecule has 0 aliphatic carbocycles. The van der Waals surface area contributed by atoms with Crippen LogP contribution in [-0.2, 0) is 22.5 Å². The van der Waals surface area contributed by atoms with Crippen molar-refractivity contribution >= 4 is 18.4 Å². The normalized spacial score (nSPS) is 26.4. The molecule has 18 heavy (non-hydrogen) atoms. The quantitative estimate of drug-likeness (QED) is 0.892. The maximum Gasteiger partial charge on any atom is 0.306 e. The molecule has 2 aliphatic rings. The number of carbonyl (C=O) groups is 1. The number of carboxylic acids is 1. The molecule has 3 rings (SSSR count). The number of hydrogen-bond acceptors (Lipinski definition) is 3. The van der Waals surface area contributed by atoms with Crippen molar-refractivity contribution in [3.8, 4) is 0 Å². The van der Waals surface area contributed by atoms with Crippen molar-refractivity contribution < 1.29 is 14.6 Å². The number of hydrogen-bond donors (Lipinski definition) is 1. The molecule has 1 aromatic heterocycles. The van der Waals surface area contributed by atoms with Crippen LogP contribution in [-0.4, -0.2) is 27.2 Å². The van der Waals surface area contributed by atoms with Crippen LogP contribution in [0.4, 0.5) is 0 Å². The van der Waals surface area contributed by atoms with Gasteiger partial charge in [-0.15, -0.1) is 12.4 Å². The van der Waals surface area contributed by atoms with Crippen LogP contribution in [0.25, 0.3) is 0 Å². The Morgan fingerprint density at radius 1 is 1.50 bits per heavy atom. The van der Waals surface area contributed by atoms with Gasteiger partial charge in [0.15, 0.2) is 0 Å². The smallest absolute Gasteiger partial charge is 0.306 e. The summed E-state index contributed by atoms with van der Waals surface area (Å²) >= 11 is 0. The first-order chi connectivity index (χ1) is 8.25. The Balaban J connectivity index is 0.00000120. The lowest BCUT2D eigenvalue weighted by Gasteiger charge is -2.23. The van der Waals surface area contributed by atoms with E-state index < -0.39 is 5.97 Å². The third-order valence-corrected chi connectivity index (χ3v) is 3.69. The predicted molar refractivity (Wildman–Crippen MR) is 66.8 cm³/mol. The van der Waals surface area contributed by atoms with E-state index in [0.717, 1.165) is 37.5 Å². The van der Waals surface area contributed by atoms with Gasteiger partial charge in [-0.2, -0.15) is 0 Å². The first-order valence-corrected chi connectivity index (χ1v) is 6.14. The number of nitrogens with zero attached hydrogens (tertiary/aromatic N) is 2. The summed E-state index contributed by atoms with van der Waals surface area (Å²) in [4.78, 5) is 15.4. The van der Waals surface area contributed by atoms with Gasteiger partial charge in [-0.1, -0.05) is 0 Å². The monoisotopic (exact) mass is 272 g/mol. The molecule has 0 saturated carbocycles. The van der Waals surface area contributed by atoms with Crippen molar-refractivity contribution in [3.63, 3.8) is 0 Å². The fourth-order valence-electron chi connectivity index (χ4n) is 2.74. The highest BCUT2D eigenvalue weighted by molar-refractivity contribution is 5.85. The van der Waals surface area contributed by atoms with Crippen LogP contribution in [0.5, 0.6) is 0 Å². The number of fused-ring (bicyclic) bond motifs is 1. The Morgan fingerprint density at radius 3 is 3.00 bits per heavy atom. The van der Waals surface area contributed by atoms with Crippen molar-refractivity contribution in [2.45, 2.75) is 38.3 Å². The summed E-state index contributed by atoms with van der Waals surface area (Å²) in [6.45, 7) is 1.56. The molecular formula is C12H17ClN2O3. The van der Waals surface area contributed by atoms with Gasteiger partial charge < -0.3 is 14.4 Å². The number of rotatable bonds is 2. The largest absolute Gasteiger partial charge is 0.481 e. The van der Waals surface area contributed by atoms with Crippen LogP contribution in [0.2, 0.25) is 0 Å². The molecule has 5 nitrogen and oxygen atoms in total. The zero-order valence-corrected chi connectivity index (χ0v) is 10.9. The number of aliphatic carboxylic acids is 1. The number of imidazole rings is 1. The first kappa shape index (κ1) is 13.4. The molecule has 0 bridgehead atoms. The standard InChI is InChI=1S/C12H16N2O3.ClH/c15-12(16)8-3-4-14-9(6-8)7-13-11(14)10-2-1-5-17-10;/h7-8,10H,1-6H2,(H,15,16);1H. The van der Waals surface area contributed by atoms with E-state index in [1.807, 2.05) is 6.20 Å². The Labute approximate surface area is 112 Å². The Morgan fingerprint density at radius 2 is 2.33 bits per heavy atom. The van der Waals surface area contributed by atoms with Crippen LogP contribution < -0.4 is 0 Å². The van der Waals surface area contributed by atoms with Gasteiger partial charge >= 0.3 is 5.97 Å². The van der Waals surface area contributed by atoms with Crippen LogP contribution >= 0.6 is 12.4 Å². The number of carboxylic acid groups (broad SMARTS) is 1. The lowest BCUT2D eigenvalue weighted by Crippen LogP contribution is -2.26. The maximum absolute atomic E-state index is 11.0. The fraction of sp³-hybridized carbons (Fsp3) is 0.667. The average molecular weight is 273 g/mol. The van der Waals surface area contributed by atoms with Crippen LogP contribution in [0.15, 0.2) is 6.20 Å². The van der Waals surface area contributed by atoms with E-state index in [1.165, 1.54) is 0 Å². The number of aromatic nitrogens is 2. The molecule has 6 heteroatoms. The Bertz CT molecular complexity index is 441. The molecule has 0 amide bonds. The van der Waals surface area contributed by atoms with Crippen molar-refractivity contribution in [1.29, 1.82) is 0 Å². The molecule has 2 aliphatic heterocycles. The highest BCUT2D eigenvalue weighted by Gasteiger charge is 2.29. The summed E-state index contributed by atoms with van der Waals surface area (Å²) in [5.74, 6) is 0.0361. The second kappa shape index (κ2) is 5.28. The Kier molecular flexibility index (Phi) is 3.92. The average Bonchev–Trinajstić information content (AvgIpc) is 2.96. The molecule has 2 unspecified atom stereocenters. The van der Waals surface area contributed by atoms with Gasteiger partial charge in [0.1, 0.15) is 11.9 Å². The van der Waals surface area contributed by atoms with Crippen molar-refractivity contribution in [3.05, 3.63) is 17.7 Å². The van der Waals surface area contributed by atoms with E-state index in [0.29, 0.717) is 12.8 Å². The zero-order valence-electron chi connectivity index (χ0n) is 10.0. The van der Waals surface area contributed by atoms with E-state index in [1.54, 1.807) is 0 Å². The van der Waals surface area contributed by atoms with Crippen LogP contribution in [0.3, 0.4) is 0 Å². The van der Waals surface area contributed by atoms with E-state index in [9.17, 15) is 4.79 Å². The van der Waals surface area contributed by atoms with Crippen LogP contribution in [0.1, 0.15) is 36.9 Å². The van der Waals surface area contributed by atoms with E-state index >= 15 is 0 Å². The summed E-state index contributed by atoms with van der Waals surface area (Å²) in [7, 11) is 0. The van der Waals surface area contributed by atoms with Gasteiger partial charge in [-0.25, -0.2) is 4.98 Å². The van der Waals surface area contributed by atoms with Crippen molar-refractivity contribution in [1.82, 2.24) is 9.55 Å². The molecular weight excluding hydrogens is 256 g/mol. The van der Waals surface area contributed by atoms with Gasteiger partial charge in [-0.3, -0.25) is 4.79 Å². The maximum atomic E-state index is 11.0. The lowest BCUT2D eigenvalue weighted by atomic mass is 9.96. The summed E-state index contributed by atoms with van der Waals surface area (Å²) in [6.07, 6.45) is 5.33. The van der Waals surface area contributed by atoms with E-state index in [-0.39, 0.29) is 24.4 Å². The molecule has 1 N–H and O–H groups in total. The molecule has 1 aromatic rings. The third-order valence-electron chi connectivity index (χ3n) is 3.69. The molecule has 0 spiro atoms. The Hall–Kier alpha value is -1.07. The van der Waals surface area contributed by atoms with E-state index in [4.69, 9.17) is 9.84 Å². The molecule has 2 atom stereocenters. The van der Waals surface area contributed by atoms with Gasteiger partial charge in [0.05, 0.1) is 5.92 Å². The van der Waals surface area contributed by atoms with Gasteiger partial charge in [0.25, 0.3) is 0 Å². The molecule has 0 aromatic carbocycles. The highest BCUT2D eigenvalue weighted by atomic mass is 35.5. The summed E-state index contributed by atoms with van der Waals surface area (Å²) < 4.78 is 7.79. The predicted octanol–water partition coefficient (Wildman–Crippen LogP) is 1.80. The minimum absolute atomic E-state index is 0. The zero-order chi connectivity index (χ0) is 11.8. The molecule has 1 saturated heterocycles. The summed E-state index contributed by atoms with van der Waals surface area (Å²) in [5, 5.41) is 9.03. The highest BCUT2D eigenvalue weighted by Crippen LogP contribution is 2.31. The second-order valence-electron chi connectivity index (χ2n) is 4.79. The summed E-state index contributed by atoms with van der Waals surface area (Å²) in [5.41, 5.74) is 1.04. The molecule has 0 radical (unpaired) electrons. The lowest BCUT2D eigenvalue weighted by molar-refractivity contribution is -0.142.